The highest BCUT2D eigenvalue weighted by Crippen LogP contribution is 2.08. The van der Waals surface area contributed by atoms with Crippen molar-refractivity contribution < 1.29 is 0 Å². The highest BCUT2D eigenvalue weighted by Gasteiger charge is 2.05. The maximum absolute atomic E-state index is 11.3. The van der Waals surface area contributed by atoms with Crippen LogP contribution >= 0.6 is 0 Å². The average molecular weight is 210 g/mol. The van der Waals surface area contributed by atoms with Crippen molar-refractivity contribution >= 4 is 5.82 Å². The van der Waals surface area contributed by atoms with Crippen LogP contribution in [0, 0.1) is 0 Å². The van der Waals surface area contributed by atoms with Crippen LogP contribution in [0.25, 0.3) is 0 Å². The van der Waals surface area contributed by atoms with E-state index in [1.807, 2.05) is 24.8 Å². The summed E-state index contributed by atoms with van der Waals surface area (Å²) in [5, 5.41) is 0. The summed E-state index contributed by atoms with van der Waals surface area (Å²) in [4.78, 5) is 19.9. The van der Waals surface area contributed by atoms with Crippen LogP contribution < -0.4 is 16.3 Å². The molecular weight excluding hydrogens is 192 g/mol. The zero-order valence-corrected chi connectivity index (χ0v) is 9.29. The molecule has 5 heteroatoms. The zero-order chi connectivity index (χ0) is 11.3. The van der Waals surface area contributed by atoms with Gasteiger partial charge in [-0.25, -0.2) is 4.79 Å². The standard InChI is InChI=1S/C10H18N4O/c1-3-14(4-2)9-7-8(5-6-11)12-10(15)13-9/h7H,3-6,11H2,1-2H3,(H,12,13,15). The van der Waals surface area contributed by atoms with Crippen LogP contribution in [0.5, 0.6) is 0 Å². The van der Waals surface area contributed by atoms with Crippen molar-refractivity contribution in [2.75, 3.05) is 24.5 Å². The Labute approximate surface area is 89.3 Å². The fourth-order valence-corrected chi connectivity index (χ4v) is 1.49. The van der Waals surface area contributed by atoms with Crippen LogP contribution in [-0.4, -0.2) is 29.6 Å². The van der Waals surface area contributed by atoms with E-state index in [0.717, 1.165) is 24.6 Å². The van der Waals surface area contributed by atoms with Crippen molar-refractivity contribution in [3.63, 3.8) is 0 Å². The maximum atomic E-state index is 11.3. The van der Waals surface area contributed by atoms with Crippen molar-refractivity contribution in [3.05, 3.63) is 22.2 Å². The topological polar surface area (TPSA) is 75.0 Å². The van der Waals surface area contributed by atoms with Crippen LogP contribution in [-0.2, 0) is 6.42 Å². The fraction of sp³-hybridized carbons (Fsp3) is 0.600. The number of nitrogens with one attached hydrogen (secondary N) is 1. The number of hydrogen-bond donors (Lipinski definition) is 2. The van der Waals surface area contributed by atoms with Gasteiger partial charge in [0.25, 0.3) is 0 Å². The number of H-pyrrole nitrogens is 1. The average Bonchev–Trinajstić information content (AvgIpc) is 2.19. The Morgan fingerprint density at radius 1 is 1.47 bits per heavy atom. The quantitative estimate of drug-likeness (QED) is 0.723. The molecule has 5 nitrogen and oxygen atoms in total. The molecule has 15 heavy (non-hydrogen) atoms. The highest BCUT2D eigenvalue weighted by molar-refractivity contribution is 5.38. The second-order valence-electron chi connectivity index (χ2n) is 3.28. The number of nitrogens with two attached hydrogens (primary N) is 1. The predicted octanol–water partition coefficient (Wildman–Crippen LogP) is 0.117. The molecule has 1 aromatic heterocycles. The van der Waals surface area contributed by atoms with E-state index in [4.69, 9.17) is 5.73 Å². The summed E-state index contributed by atoms with van der Waals surface area (Å²) in [5.74, 6) is 0.729. The molecule has 0 amide bonds. The largest absolute Gasteiger partial charge is 0.357 e. The van der Waals surface area contributed by atoms with Crippen molar-refractivity contribution in [1.29, 1.82) is 0 Å². The lowest BCUT2D eigenvalue weighted by Crippen LogP contribution is -2.27. The lowest BCUT2D eigenvalue weighted by atomic mass is 10.3. The maximum Gasteiger partial charge on any atom is 0.347 e. The SMILES string of the molecule is CCN(CC)c1cc(CCN)[nH]c(=O)n1. The second-order valence-corrected chi connectivity index (χ2v) is 3.28. The fourth-order valence-electron chi connectivity index (χ4n) is 1.49. The first-order valence-electron chi connectivity index (χ1n) is 5.26. The van der Waals surface area contributed by atoms with Gasteiger partial charge >= 0.3 is 5.69 Å². The number of anilines is 1. The Balaban J connectivity index is 3.02. The predicted molar refractivity (Wildman–Crippen MR) is 61.2 cm³/mol. The molecular formula is C10H18N4O. The molecule has 0 aliphatic rings. The minimum Gasteiger partial charge on any atom is -0.357 e. The molecule has 0 unspecified atom stereocenters. The van der Waals surface area contributed by atoms with Gasteiger partial charge in [0, 0.05) is 31.3 Å². The number of nitrogens with zero attached hydrogens (tertiary/aromatic N) is 2. The molecule has 1 aromatic rings. The van der Waals surface area contributed by atoms with Crippen LogP contribution in [0.3, 0.4) is 0 Å². The summed E-state index contributed by atoms with van der Waals surface area (Å²) in [5.41, 5.74) is 5.99. The summed E-state index contributed by atoms with van der Waals surface area (Å²) in [7, 11) is 0. The zero-order valence-electron chi connectivity index (χ0n) is 9.29. The van der Waals surface area contributed by atoms with E-state index < -0.39 is 0 Å². The van der Waals surface area contributed by atoms with Crippen LogP contribution in [0.1, 0.15) is 19.5 Å². The molecule has 0 saturated carbocycles. The third kappa shape index (κ3) is 3.06. The second kappa shape index (κ2) is 5.50. The van der Waals surface area contributed by atoms with Gasteiger partial charge in [0.05, 0.1) is 0 Å². The van der Waals surface area contributed by atoms with Crippen LogP contribution in [0.4, 0.5) is 5.82 Å². The Bertz CT molecular complexity index is 357. The van der Waals surface area contributed by atoms with Gasteiger partial charge in [-0.05, 0) is 20.4 Å². The molecule has 1 rings (SSSR count). The normalized spacial score (nSPS) is 10.3. The first kappa shape index (κ1) is 11.7. The van der Waals surface area contributed by atoms with Gasteiger partial charge in [0.1, 0.15) is 5.82 Å². The van der Waals surface area contributed by atoms with E-state index in [-0.39, 0.29) is 5.69 Å². The van der Waals surface area contributed by atoms with Gasteiger partial charge in [0.15, 0.2) is 0 Å². The Morgan fingerprint density at radius 3 is 2.67 bits per heavy atom. The van der Waals surface area contributed by atoms with Gasteiger partial charge in [-0.2, -0.15) is 4.98 Å². The third-order valence-corrected chi connectivity index (χ3v) is 2.29. The molecule has 0 atom stereocenters. The molecule has 0 fully saturated rings. The number of aromatic amines is 1. The minimum atomic E-state index is -0.303. The lowest BCUT2D eigenvalue weighted by Gasteiger charge is -2.19. The van der Waals surface area contributed by atoms with Gasteiger partial charge in [0.2, 0.25) is 0 Å². The molecule has 3 N–H and O–H groups in total. The first-order chi connectivity index (χ1) is 7.21. The summed E-state index contributed by atoms with van der Waals surface area (Å²) < 4.78 is 0. The Kier molecular flexibility index (Phi) is 4.30. The molecule has 0 spiro atoms. The summed E-state index contributed by atoms with van der Waals surface area (Å²) in [6.45, 7) is 6.28. The highest BCUT2D eigenvalue weighted by atomic mass is 16.1. The van der Waals surface area contributed by atoms with E-state index in [9.17, 15) is 4.79 Å². The van der Waals surface area contributed by atoms with Crippen LogP contribution in [0.15, 0.2) is 10.9 Å². The monoisotopic (exact) mass is 210 g/mol. The van der Waals surface area contributed by atoms with E-state index in [1.165, 1.54) is 0 Å². The molecule has 1 heterocycles. The molecule has 0 saturated heterocycles. The smallest absolute Gasteiger partial charge is 0.347 e. The molecule has 0 radical (unpaired) electrons. The van der Waals surface area contributed by atoms with Crippen molar-refractivity contribution in [3.8, 4) is 0 Å². The Hall–Kier alpha value is -1.36. The van der Waals surface area contributed by atoms with Crippen LogP contribution in [0.2, 0.25) is 0 Å². The third-order valence-electron chi connectivity index (χ3n) is 2.29. The van der Waals surface area contributed by atoms with E-state index in [0.29, 0.717) is 13.0 Å². The molecule has 84 valence electrons. The van der Waals surface area contributed by atoms with E-state index in [1.54, 1.807) is 0 Å². The molecule has 0 aromatic carbocycles. The van der Waals surface area contributed by atoms with Gasteiger partial charge in [-0.1, -0.05) is 0 Å². The minimum absolute atomic E-state index is 0.303. The molecule has 0 bridgehead atoms. The van der Waals surface area contributed by atoms with Crippen molar-refractivity contribution in [1.82, 2.24) is 9.97 Å². The van der Waals surface area contributed by atoms with Crippen molar-refractivity contribution in [2.24, 2.45) is 5.73 Å². The summed E-state index contributed by atoms with van der Waals surface area (Å²) in [6.07, 6.45) is 0.673. The summed E-state index contributed by atoms with van der Waals surface area (Å²) in [6, 6.07) is 1.89. The first-order valence-corrected chi connectivity index (χ1v) is 5.26. The van der Waals surface area contributed by atoms with Gasteiger partial charge in [-0.3, -0.25) is 0 Å². The van der Waals surface area contributed by atoms with Crippen molar-refractivity contribution in [2.45, 2.75) is 20.3 Å². The van der Waals surface area contributed by atoms with Gasteiger partial charge in [-0.15, -0.1) is 0 Å². The van der Waals surface area contributed by atoms with E-state index >= 15 is 0 Å². The number of rotatable bonds is 5. The molecule has 0 aliphatic carbocycles. The molecule has 0 aliphatic heterocycles. The number of aromatic nitrogens is 2. The Morgan fingerprint density at radius 2 is 2.13 bits per heavy atom. The number of hydrogen-bond acceptors (Lipinski definition) is 4. The van der Waals surface area contributed by atoms with E-state index in [2.05, 4.69) is 9.97 Å². The summed E-state index contributed by atoms with van der Waals surface area (Å²) >= 11 is 0. The lowest BCUT2D eigenvalue weighted by molar-refractivity contribution is 0.817. The van der Waals surface area contributed by atoms with Gasteiger partial charge < -0.3 is 15.6 Å².